The van der Waals surface area contributed by atoms with Gasteiger partial charge in [0.25, 0.3) is 0 Å². The number of aromatic nitrogens is 1. The molecular weight excluding hydrogens is 474 g/mol. The minimum atomic E-state index is -2.34. The van der Waals surface area contributed by atoms with E-state index in [2.05, 4.69) is 11.6 Å². The van der Waals surface area contributed by atoms with Gasteiger partial charge in [0.2, 0.25) is 5.79 Å². The zero-order chi connectivity index (χ0) is 25.1. The maximum atomic E-state index is 14.0. The van der Waals surface area contributed by atoms with Crippen LogP contribution in [0.15, 0.2) is 30.5 Å². The van der Waals surface area contributed by atoms with E-state index in [1.54, 1.807) is 6.07 Å². The molecule has 8 atom stereocenters. The van der Waals surface area contributed by atoms with Gasteiger partial charge in [0.1, 0.15) is 28.6 Å². The number of carbonyl (C=O) groups excluding carboxylic acids is 3. The molecule has 186 valence electrons. The summed E-state index contributed by atoms with van der Waals surface area (Å²) in [6.45, 7) is 7.87. The number of rotatable bonds is 2. The Morgan fingerprint density at radius 1 is 1.31 bits per heavy atom. The van der Waals surface area contributed by atoms with Crippen molar-refractivity contribution < 1.29 is 34.1 Å². The zero-order valence-corrected chi connectivity index (χ0v) is 20.4. The molecule has 9 heteroatoms. The number of pyridine rings is 1. The number of ketones is 2. The molecule has 0 radical (unpaired) electrons. The molecular formula is C26H28ClNO7. The summed E-state index contributed by atoms with van der Waals surface area (Å²) in [6, 6.07) is 3.00. The smallest absolute Gasteiger partial charge is 0.341 e. The standard InChI is InChI=1S/C26H28ClNO7/c1-12-13-6-7-15-24-11-34-26(33,19(31)17(24)23(2,3)9-8-16(24)29)25(15,18(12)30)20(13)35-22(32)14-5-4-10-28-21(14)27/h4-5,10,13,15,17,19-20,31,33H,1,6-9,11H2,2-3H3/t13-,15-,17+,19-,20+,24?,25-,26-/m0/s1. The van der Waals surface area contributed by atoms with Crippen LogP contribution in [0.3, 0.4) is 0 Å². The van der Waals surface area contributed by atoms with E-state index in [4.69, 9.17) is 21.1 Å². The van der Waals surface area contributed by atoms with Crippen LogP contribution in [0.1, 0.15) is 49.9 Å². The summed E-state index contributed by atoms with van der Waals surface area (Å²) >= 11 is 6.12. The fourth-order valence-corrected chi connectivity index (χ4v) is 8.68. The number of fused-ring (bicyclic) bond motifs is 2. The molecule has 6 aliphatic rings. The number of Topliss-reactive ketones (excluding diaryl/α,β-unsaturated/α-hetero) is 2. The number of aliphatic hydroxyl groups excluding tert-OH is 1. The maximum Gasteiger partial charge on any atom is 0.341 e. The lowest BCUT2D eigenvalue weighted by Gasteiger charge is -2.72. The molecule has 1 unspecified atom stereocenters. The second-order valence-corrected chi connectivity index (χ2v) is 11.8. The van der Waals surface area contributed by atoms with Crippen molar-refractivity contribution in [3.63, 3.8) is 0 Å². The first-order valence-electron chi connectivity index (χ1n) is 12.1. The van der Waals surface area contributed by atoms with Gasteiger partial charge < -0.3 is 19.7 Å². The van der Waals surface area contributed by atoms with Crippen molar-refractivity contribution in [2.75, 3.05) is 6.61 Å². The lowest BCUT2D eigenvalue weighted by Crippen LogP contribution is -2.85. The van der Waals surface area contributed by atoms with E-state index in [1.165, 1.54) is 12.3 Å². The lowest BCUT2D eigenvalue weighted by molar-refractivity contribution is -0.436. The van der Waals surface area contributed by atoms with Gasteiger partial charge in [-0.1, -0.05) is 32.0 Å². The molecule has 2 N–H and O–H groups in total. The highest BCUT2D eigenvalue weighted by atomic mass is 35.5. The van der Waals surface area contributed by atoms with Gasteiger partial charge in [-0.05, 0) is 48.3 Å². The highest BCUT2D eigenvalue weighted by Gasteiger charge is 2.88. The predicted octanol–water partition coefficient (Wildman–Crippen LogP) is 2.50. The van der Waals surface area contributed by atoms with Crippen molar-refractivity contribution in [1.29, 1.82) is 0 Å². The Morgan fingerprint density at radius 2 is 2.06 bits per heavy atom. The molecule has 2 aliphatic heterocycles. The maximum absolute atomic E-state index is 14.0. The molecule has 7 rings (SSSR count). The summed E-state index contributed by atoms with van der Waals surface area (Å²) in [5.74, 6) is -5.56. The van der Waals surface area contributed by atoms with Crippen molar-refractivity contribution in [2.45, 2.75) is 57.5 Å². The Kier molecular flexibility index (Phi) is 4.66. The number of esters is 1. The van der Waals surface area contributed by atoms with Crippen LogP contribution in [0.4, 0.5) is 0 Å². The van der Waals surface area contributed by atoms with Gasteiger partial charge in [-0.25, -0.2) is 9.78 Å². The van der Waals surface area contributed by atoms with Crippen molar-refractivity contribution in [1.82, 2.24) is 4.98 Å². The first kappa shape index (κ1) is 23.3. The van der Waals surface area contributed by atoms with E-state index in [0.29, 0.717) is 25.7 Å². The molecule has 1 aromatic rings. The fourth-order valence-electron chi connectivity index (χ4n) is 8.48. The van der Waals surface area contributed by atoms with Crippen LogP contribution in [0, 0.1) is 34.0 Å². The molecule has 4 saturated carbocycles. The summed E-state index contributed by atoms with van der Waals surface area (Å²) in [6.07, 6.45) is 0.513. The zero-order valence-electron chi connectivity index (χ0n) is 19.6. The highest BCUT2D eigenvalue weighted by Crippen LogP contribution is 2.76. The van der Waals surface area contributed by atoms with Crippen LogP contribution in [-0.4, -0.2) is 57.3 Å². The van der Waals surface area contributed by atoms with Crippen LogP contribution in [0.2, 0.25) is 5.15 Å². The van der Waals surface area contributed by atoms with Gasteiger partial charge in [-0.3, -0.25) is 9.59 Å². The Morgan fingerprint density at radius 3 is 2.77 bits per heavy atom. The Labute approximate surface area is 207 Å². The summed E-state index contributed by atoms with van der Waals surface area (Å²) in [7, 11) is 0. The number of ether oxygens (including phenoxy) is 2. The van der Waals surface area contributed by atoms with E-state index in [9.17, 15) is 24.6 Å². The minimum Gasteiger partial charge on any atom is -0.457 e. The van der Waals surface area contributed by atoms with Crippen molar-refractivity contribution >= 4 is 29.1 Å². The minimum absolute atomic E-state index is 0.0190. The Bertz CT molecular complexity index is 1200. The molecule has 8 nitrogen and oxygen atoms in total. The number of hydrogen-bond acceptors (Lipinski definition) is 8. The highest BCUT2D eigenvalue weighted by molar-refractivity contribution is 6.32. The van der Waals surface area contributed by atoms with Gasteiger partial charge in [-0.15, -0.1) is 0 Å². The molecule has 0 amide bonds. The van der Waals surface area contributed by atoms with E-state index < -0.39 is 63.7 Å². The monoisotopic (exact) mass is 501 g/mol. The molecule has 3 heterocycles. The van der Waals surface area contributed by atoms with Gasteiger partial charge in [0.05, 0.1) is 17.6 Å². The third kappa shape index (κ3) is 2.44. The molecule has 35 heavy (non-hydrogen) atoms. The first-order valence-corrected chi connectivity index (χ1v) is 12.4. The predicted molar refractivity (Wildman–Crippen MR) is 122 cm³/mol. The SMILES string of the molecule is C=C1C(=O)[C@]23[C@H](OC(=O)c4cccnc4Cl)[C@H]1CC[C@H]2C12CO[C@@]3(O)[C@@H](O)[C@@H]1C(C)(C)CCC2=O. The van der Waals surface area contributed by atoms with Crippen molar-refractivity contribution in [3.05, 3.63) is 41.2 Å². The van der Waals surface area contributed by atoms with Gasteiger partial charge in [0, 0.05) is 24.5 Å². The third-order valence-corrected chi connectivity index (χ3v) is 10.1. The van der Waals surface area contributed by atoms with E-state index in [-0.39, 0.29) is 28.7 Å². The first-order chi connectivity index (χ1) is 16.4. The summed E-state index contributed by atoms with van der Waals surface area (Å²) in [5, 5.41) is 23.8. The topological polar surface area (TPSA) is 123 Å². The Hall–Kier alpha value is -2.13. The second-order valence-electron chi connectivity index (χ2n) is 11.5. The number of aliphatic hydroxyl groups is 2. The largest absolute Gasteiger partial charge is 0.457 e. The second kappa shape index (κ2) is 7.00. The number of halogens is 1. The van der Waals surface area contributed by atoms with Crippen molar-refractivity contribution in [3.8, 4) is 0 Å². The van der Waals surface area contributed by atoms with Crippen LogP contribution in [-0.2, 0) is 19.1 Å². The normalized spacial score (nSPS) is 45.2. The molecule has 2 spiro atoms. The average molecular weight is 502 g/mol. The molecule has 4 bridgehead atoms. The van der Waals surface area contributed by atoms with Crippen LogP contribution in [0.5, 0.6) is 0 Å². The summed E-state index contributed by atoms with van der Waals surface area (Å²) in [5.41, 5.74) is -3.25. The molecule has 2 saturated heterocycles. The van der Waals surface area contributed by atoms with E-state index in [1.807, 2.05) is 13.8 Å². The number of nitrogens with zero attached hydrogens (tertiary/aromatic N) is 1. The van der Waals surface area contributed by atoms with Crippen LogP contribution < -0.4 is 0 Å². The molecule has 6 fully saturated rings. The molecule has 1 aromatic heterocycles. The van der Waals surface area contributed by atoms with Gasteiger partial charge in [0.15, 0.2) is 5.78 Å². The van der Waals surface area contributed by atoms with Gasteiger partial charge >= 0.3 is 5.97 Å². The Balaban J connectivity index is 1.55. The lowest BCUT2D eigenvalue weighted by atomic mass is 9.36. The summed E-state index contributed by atoms with van der Waals surface area (Å²) in [4.78, 5) is 44.9. The summed E-state index contributed by atoms with van der Waals surface area (Å²) < 4.78 is 11.9. The fraction of sp³-hybridized carbons (Fsp3) is 0.615. The number of carbonyl (C=O) groups is 3. The molecule has 0 aromatic carbocycles. The average Bonchev–Trinajstić information content (AvgIpc) is 2.93. The van der Waals surface area contributed by atoms with Crippen LogP contribution >= 0.6 is 11.6 Å². The van der Waals surface area contributed by atoms with Gasteiger partial charge in [-0.2, -0.15) is 0 Å². The van der Waals surface area contributed by atoms with E-state index in [0.717, 1.165) is 0 Å². The number of hydrogen-bond donors (Lipinski definition) is 2. The quantitative estimate of drug-likeness (QED) is 0.360. The van der Waals surface area contributed by atoms with Crippen LogP contribution in [0.25, 0.3) is 0 Å². The third-order valence-electron chi connectivity index (χ3n) is 9.83. The molecule has 4 aliphatic carbocycles. The van der Waals surface area contributed by atoms with E-state index >= 15 is 0 Å². The van der Waals surface area contributed by atoms with Crippen molar-refractivity contribution in [2.24, 2.45) is 34.0 Å².